The van der Waals surface area contributed by atoms with Gasteiger partial charge in [0.2, 0.25) is 0 Å². The average molecular weight is 424 g/mol. The van der Waals surface area contributed by atoms with Gasteiger partial charge in [0, 0.05) is 17.0 Å². The molecule has 0 saturated carbocycles. The van der Waals surface area contributed by atoms with Crippen LogP contribution >= 0.6 is 23.1 Å². The lowest BCUT2D eigenvalue weighted by Crippen LogP contribution is -2.11. The summed E-state index contributed by atoms with van der Waals surface area (Å²) in [4.78, 5) is 22.0. The van der Waals surface area contributed by atoms with E-state index in [4.69, 9.17) is 0 Å². The first kappa shape index (κ1) is 19.6. The molecule has 8 heteroatoms. The first-order chi connectivity index (χ1) is 14.0. The van der Waals surface area contributed by atoms with Gasteiger partial charge in [-0.25, -0.2) is 4.98 Å². The number of fused-ring (bicyclic) bond motifs is 1. The highest BCUT2D eigenvalue weighted by atomic mass is 32.2. The van der Waals surface area contributed by atoms with Crippen LogP contribution in [0.15, 0.2) is 46.9 Å². The number of aryl methyl sites for hydroxylation is 3. The predicted molar refractivity (Wildman–Crippen MR) is 120 cm³/mol. The van der Waals surface area contributed by atoms with E-state index in [1.807, 2.05) is 36.6 Å². The number of hydrogen-bond acceptors (Lipinski definition) is 6. The molecule has 0 unspecified atom stereocenters. The van der Waals surface area contributed by atoms with E-state index in [1.165, 1.54) is 17.3 Å². The molecule has 1 N–H and O–H groups in total. The lowest BCUT2D eigenvalue weighted by molar-refractivity contribution is 0.730. The molecule has 0 bridgehead atoms. The number of thiophene rings is 1. The van der Waals surface area contributed by atoms with Crippen molar-refractivity contribution in [1.82, 2.24) is 24.7 Å². The van der Waals surface area contributed by atoms with Crippen LogP contribution < -0.4 is 5.56 Å². The van der Waals surface area contributed by atoms with E-state index in [0.29, 0.717) is 23.5 Å². The summed E-state index contributed by atoms with van der Waals surface area (Å²) in [6, 6.07) is 8.19. The van der Waals surface area contributed by atoms with Gasteiger partial charge in [0.15, 0.2) is 11.0 Å². The number of aromatic amines is 1. The third kappa shape index (κ3) is 3.77. The molecule has 4 aromatic rings. The first-order valence-corrected chi connectivity index (χ1v) is 11.0. The van der Waals surface area contributed by atoms with Gasteiger partial charge in [-0.05, 0) is 32.4 Å². The minimum Gasteiger partial charge on any atom is -0.309 e. The molecule has 0 spiro atoms. The zero-order valence-corrected chi connectivity index (χ0v) is 18.2. The summed E-state index contributed by atoms with van der Waals surface area (Å²) < 4.78 is 2.03. The Bertz CT molecular complexity index is 1270. The Labute approximate surface area is 176 Å². The van der Waals surface area contributed by atoms with Crippen LogP contribution in [0.25, 0.3) is 21.6 Å². The Morgan fingerprint density at radius 1 is 1.28 bits per heavy atom. The van der Waals surface area contributed by atoms with Crippen LogP contribution in [-0.2, 0) is 12.3 Å². The van der Waals surface area contributed by atoms with E-state index in [9.17, 15) is 4.79 Å². The Hall–Kier alpha value is -2.71. The standard InChI is InChI=1S/C21H21N5OS2/c1-5-9-26-18(15-8-6-7-12(2)10-15)24-25-21(26)28-11-16-22-19(27)17-13(3)14(4)29-20(17)23-16/h5-8,10H,1,9,11H2,2-4H3,(H,22,23,27). The molecule has 0 atom stereocenters. The highest BCUT2D eigenvalue weighted by Gasteiger charge is 2.16. The molecule has 0 radical (unpaired) electrons. The van der Waals surface area contributed by atoms with Crippen molar-refractivity contribution >= 4 is 33.3 Å². The van der Waals surface area contributed by atoms with Gasteiger partial charge in [-0.2, -0.15) is 0 Å². The number of nitrogens with zero attached hydrogens (tertiary/aromatic N) is 4. The van der Waals surface area contributed by atoms with Crippen LogP contribution in [0, 0.1) is 20.8 Å². The van der Waals surface area contributed by atoms with Crippen molar-refractivity contribution in [3.63, 3.8) is 0 Å². The number of nitrogens with one attached hydrogen (secondary N) is 1. The number of thioether (sulfide) groups is 1. The average Bonchev–Trinajstić information content (AvgIpc) is 3.21. The van der Waals surface area contributed by atoms with E-state index < -0.39 is 0 Å². The van der Waals surface area contributed by atoms with Crippen molar-refractivity contribution in [2.45, 2.75) is 38.2 Å². The number of aromatic nitrogens is 5. The van der Waals surface area contributed by atoms with Gasteiger partial charge in [0.1, 0.15) is 10.7 Å². The maximum atomic E-state index is 12.5. The van der Waals surface area contributed by atoms with Crippen LogP contribution in [0.1, 0.15) is 21.8 Å². The maximum absolute atomic E-state index is 12.5. The predicted octanol–water partition coefficient (Wildman–Crippen LogP) is 4.65. The molecule has 29 heavy (non-hydrogen) atoms. The second kappa shape index (κ2) is 7.96. The summed E-state index contributed by atoms with van der Waals surface area (Å²) >= 11 is 3.06. The Kier molecular flexibility index (Phi) is 5.38. The molecule has 0 amide bonds. The molecule has 148 valence electrons. The molecule has 0 aliphatic rings. The Morgan fingerprint density at radius 3 is 2.86 bits per heavy atom. The number of allylic oxidation sites excluding steroid dienone is 1. The Balaban J connectivity index is 1.64. The quantitative estimate of drug-likeness (QED) is 0.361. The van der Waals surface area contributed by atoms with Gasteiger partial charge in [-0.3, -0.25) is 9.36 Å². The molecule has 6 nitrogen and oxygen atoms in total. The van der Waals surface area contributed by atoms with Gasteiger partial charge < -0.3 is 4.98 Å². The number of hydrogen-bond donors (Lipinski definition) is 1. The minimum atomic E-state index is -0.0829. The highest BCUT2D eigenvalue weighted by Crippen LogP contribution is 2.28. The van der Waals surface area contributed by atoms with E-state index in [2.05, 4.69) is 45.8 Å². The van der Waals surface area contributed by atoms with E-state index in [1.54, 1.807) is 11.3 Å². The topological polar surface area (TPSA) is 76.5 Å². The summed E-state index contributed by atoms with van der Waals surface area (Å²) in [5, 5.41) is 10.2. The summed E-state index contributed by atoms with van der Waals surface area (Å²) in [7, 11) is 0. The fraction of sp³-hybridized carbons (Fsp3) is 0.238. The van der Waals surface area contributed by atoms with Gasteiger partial charge in [0.25, 0.3) is 5.56 Å². The lowest BCUT2D eigenvalue weighted by Gasteiger charge is -2.08. The van der Waals surface area contributed by atoms with Gasteiger partial charge in [-0.1, -0.05) is 41.6 Å². The molecular weight excluding hydrogens is 402 g/mol. The van der Waals surface area contributed by atoms with Crippen molar-refractivity contribution in [3.05, 3.63) is 69.1 Å². The number of benzene rings is 1. The normalized spacial score (nSPS) is 11.3. The first-order valence-electron chi connectivity index (χ1n) is 9.20. The molecule has 3 heterocycles. The van der Waals surface area contributed by atoms with Gasteiger partial charge >= 0.3 is 0 Å². The van der Waals surface area contributed by atoms with E-state index >= 15 is 0 Å². The summed E-state index contributed by atoms with van der Waals surface area (Å²) in [6.45, 7) is 10.5. The molecule has 3 aromatic heterocycles. The van der Waals surface area contributed by atoms with Crippen LogP contribution in [0.4, 0.5) is 0 Å². The summed E-state index contributed by atoms with van der Waals surface area (Å²) in [6.07, 6.45) is 1.83. The van der Waals surface area contributed by atoms with Crippen molar-refractivity contribution in [2.24, 2.45) is 0 Å². The monoisotopic (exact) mass is 423 g/mol. The number of H-pyrrole nitrogens is 1. The highest BCUT2D eigenvalue weighted by molar-refractivity contribution is 7.98. The smallest absolute Gasteiger partial charge is 0.259 e. The molecule has 0 saturated heterocycles. The molecular formula is C21H21N5OS2. The lowest BCUT2D eigenvalue weighted by atomic mass is 10.1. The second-order valence-corrected chi connectivity index (χ2v) is 8.99. The molecule has 1 aromatic carbocycles. The van der Waals surface area contributed by atoms with E-state index in [-0.39, 0.29) is 5.56 Å². The zero-order chi connectivity index (χ0) is 20.5. The van der Waals surface area contributed by atoms with Crippen molar-refractivity contribution in [2.75, 3.05) is 0 Å². The molecule has 4 rings (SSSR count). The molecule has 0 aliphatic heterocycles. The largest absolute Gasteiger partial charge is 0.309 e. The van der Waals surface area contributed by atoms with Crippen LogP contribution in [0.3, 0.4) is 0 Å². The molecule has 0 aliphatic carbocycles. The van der Waals surface area contributed by atoms with Crippen molar-refractivity contribution in [3.8, 4) is 11.4 Å². The molecule has 0 fully saturated rings. The van der Waals surface area contributed by atoms with Crippen LogP contribution in [0.5, 0.6) is 0 Å². The SMILES string of the molecule is C=CCn1c(SCc2nc3sc(C)c(C)c3c(=O)[nH]2)nnc1-c1cccc(C)c1. The minimum absolute atomic E-state index is 0.0829. The van der Waals surface area contributed by atoms with Crippen LogP contribution in [-0.4, -0.2) is 24.7 Å². The third-order valence-corrected chi connectivity index (χ3v) is 6.81. The second-order valence-electron chi connectivity index (χ2n) is 6.84. The summed E-state index contributed by atoms with van der Waals surface area (Å²) in [5.41, 5.74) is 3.11. The fourth-order valence-electron chi connectivity index (χ4n) is 3.19. The van der Waals surface area contributed by atoms with E-state index in [0.717, 1.165) is 31.8 Å². The number of rotatable bonds is 6. The van der Waals surface area contributed by atoms with Crippen molar-refractivity contribution < 1.29 is 0 Å². The van der Waals surface area contributed by atoms with Gasteiger partial charge in [-0.15, -0.1) is 28.1 Å². The van der Waals surface area contributed by atoms with Crippen LogP contribution in [0.2, 0.25) is 0 Å². The third-order valence-electron chi connectivity index (χ3n) is 4.73. The van der Waals surface area contributed by atoms with Crippen molar-refractivity contribution in [1.29, 1.82) is 0 Å². The maximum Gasteiger partial charge on any atom is 0.259 e. The zero-order valence-electron chi connectivity index (χ0n) is 16.5. The fourth-order valence-corrected chi connectivity index (χ4v) is 5.05. The Morgan fingerprint density at radius 2 is 2.10 bits per heavy atom. The summed E-state index contributed by atoms with van der Waals surface area (Å²) in [5.74, 6) is 1.95. The van der Waals surface area contributed by atoms with Gasteiger partial charge in [0.05, 0.1) is 11.1 Å².